The number of nitrogens with zero attached hydrogens (tertiary/aromatic N) is 1. The number of nitrogens with one attached hydrogen (secondary N) is 1. The van der Waals surface area contributed by atoms with E-state index in [9.17, 15) is 9.59 Å². The smallest absolute Gasteiger partial charge is 0.247 e. The molecule has 1 N–H and O–H groups in total. The van der Waals surface area contributed by atoms with Gasteiger partial charge in [-0.15, -0.1) is 0 Å². The molecule has 0 spiro atoms. The van der Waals surface area contributed by atoms with Gasteiger partial charge in [-0.3, -0.25) is 14.5 Å². The van der Waals surface area contributed by atoms with Crippen molar-refractivity contribution in [2.45, 2.75) is 19.4 Å². The van der Waals surface area contributed by atoms with Crippen LogP contribution in [0.25, 0.3) is 0 Å². The van der Waals surface area contributed by atoms with Gasteiger partial charge in [0.05, 0.1) is 12.2 Å². The molecule has 6 heteroatoms. The number of carbonyl (C=O) groups excluding carboxylic acids is 2. The Labute approximate surface area is 122 Å². The van der Waals surface area contributed by atoms with Gasteiger partial charge in [-0.1, -0.05) is 22.9 Å². The first kappa shape index (κ1) is 13.5. The molecule has 2 rings (SSSR count). The molecule has 1 unspecified atom stereocenters. The third-order valence-corrected chi connectivity index (χ3v) is 4.02. The number of halogens is 2. The molecule has 0 aliphatic carbocycles. The lowest BCUT2D eigenvalue weighted by molar-refractivity contribution is -0.131. The molecular weight excluding hydrogens is 364 g/mol. The molecule has 1 aliphatic rings. The van der Waals surface area contributed by atoms with Gasteiger partial charge in [0.1, 0.15) is 6.04 Å². The van der Waals surface area contributed by atoms with Gasteiger partial charge in [-0.05, 0) is 40.5 Å². The van der Waals surface area contributed by atoms with E-state index in [-0.39, 0.29) is 18.4 Å². The van der Waals surface area contributed by atoms with Gasteiger partial charge in [-0.25, -0.2) is 0 Å². The summed E-state index contributed by atoms with van der Waals surface area (Å²) in [4.78, 5) is 25.4. The van der Waals surface area contributed by atoms with E-state index in [1.807, 2.05) is 25.1 Å². The molecule has 0 bridgehead atoms. The monoisotopic (exact) mass is 374 g/mol. The summed E-state index contributed by atoms with van der Waals surface area (Å²) in [6, 6.07) is 5.12. The van der Waals surface area contributed by atoms with Gasteiger partial charge in [0, 0.05) is 8.95 Å². The van der Waals surface area contributed by atoms with Gasteiger partial charge in [0.15, 0.2) is 0 Å². The number of piperazine rings is 1. The second-order valence-corrected chi connectivity index (χ2v) is 5.77. The molecule has 1 fully saturated rings. The summed E-state index contributed by atoms with van der Waals surface area (Å²) in [6.45, 7) is 1.94. The fourth-order valence-corrected chi connectivity index (χ4v) is 2.78. The molecule has 0 radical (unpaired) electrons. The van der Waals surface area contributed by atoms with Gasteiger partial charge in [0.2, 0.25) is 11.8 Å². The average molecular weight is 376 g/mol. The van der Waals surface area contributed by atoms with Crippen LogP contribution in [-0.2, 0) is 9.59 Å². The highest BCUT2D eigenvalue weighted by molar-refractivity contribution is 9.11. The van der Waals surface area contributed by atoms with E-state index in [4.69, 9.17) is 0 Å². The first-order valence-electron chi connectivity index (χ1n) is 5.59. The molecule has 0 saturated carbocycles. The molecule has 2 amide bonds. The van der Waals surface area contributed by atoms with E-state index in [1.54, 1.807) is 4.90 Å². The van der Waals surface area contributed by atoms with Gasteiger partial charge in [0.25, 0.3) is 0 Å². The number of anilines is 1. The van der Waals surface area contributed by atoms with Crippen LogP contribution in [0, 0.1) is 0 Å². The number of amides is 2. The first-order valence-corrected chi connectivity index (χ1v) is 7.18. The van der Waals surface area contributed by atoms with Crippen molar-refractivity contribution in [1.29, 1.82) is 0 Å². The highest BCUT2D eigenvalue weighted by Crippen LogP contribution is 2.32. The maximum atomic E-state index is 12.0. The summed E-state index contributed by atoms with van der Waals surface area (Å²) in [7, 11) is 0. The molecule has 18 heavy (non-hydrogen) atoms. The number of hydrogen-bond acceptors (Lipinski definition) is 2. The maximum absolute atomic E-state index is 12.0. The standard InChI is InChI=1S/C12H12Br2N2O2/c1-2-9-12(18)15-6-11(17)16(9)10-5-7(13)3-4-8(10)14/h3-5,9H,2,6H2,1H3,(H,15,18). The molecule has 1 heterocycles. The Bertz CT molecular complexity index is 505. The van der Waals surface area contributed by atoms with Crippen molar-refractivity contribution in [3.05, 3.63) is 27.1 Å². The zero-order chi connectivity index (χ0) is 13.3. The predicted octanol–water partition coefficient (Wildman–Crippen LogP) is 2.45. The fraction of sp³-hybridized carbons (Fsp3) is 0.333. The van der Waals surface area contributed by atoms with Crippen LogP contribution < -0.4 is 10.2 Å². The second kappa shape index (κ2) is 5.40. The molecule has 1 atom stereocenters. The molecule has 1 aromatic rings. The lowest BCUT2D eigenvalue weighted by atomic mass is 10.1. The summed E-state index contributed by atoms with van der Waals surface area (Å²) >= 11 is 6.80. The Balaban J connectivity index is 2.47. The van der Waals surface area contributed by atoms with Crippen LogP contribution in [0.5, 0.6) is 0 Å². The van der Waals surface area contributed by atoms with E-state index < -0.39 is 6.04 Å². The van der Waals surface area contributed by atoms with Crippen LogP contribution in [0.15, 0.2) is 27.1 Å². The van der Waals surface area contributed by atoms with Crippen LogP contribution in [0.4, 0.5) is 5.69 Å². The lowest BCUT2D eigenvalue weighted by Gasteiger charge is -2.35. The largest absolute Gasteiger partial charge is 0.345 e. The molecule has 1 aliphatic heterocycles. The number of benzene rings is 1. The summed E-state index contributed by atoms with van der Waals surface area (Å²) in [6.07, 6.45) is 0.580. The van der Waals surface area contributed by atoms with Crippen molar-refractivity contribution in [1.82, 2.24) is 5.32 Å². The number of hydrogen-bond donors (Lipinski definition) is 1. The molecule has 1 aromatic carbocycles. The van der Waals surface area contributed by atoms with Gasteiger partial charge in [-0.2, -0.15) is 0 Å². The van der Waals surface area contributed by atoms with Crippen LogP contribution in [-0.4, -0.2) is 24.4 Å². The highest BCUT2D eigenvalue weighted by atomic mass is 79.9. The van der Waals surface area contributed by atoms with Crippen LogP contribution >= 0.6 is 31.9 Å². The third-order valence-electron chi connectivity index (χ3n) is 2.85. The quantitative estimate of drug-likeness (QED) is 0.863. The van der Waals surface area contributed by atoms with E-state index in [1.165, 1.54) is 0 Å². The van der Waals surface area contributed by atoms with Gasteiger partial charge >= 0.3 is 0 Å². The molecule has 4 nitrogen and oxygen atoms in total. The van der Waals surface area contributed by atoms with E-state index >= 15 is 0 Å². The lowest BCUT2D eigenvalue weighted by Crippen LogP contribution is -2.58. The Hall–Kier alpha value is -0.880. The van der Waals surface area contributed by atoms with Gasteiger partial charge < -0.3 is 5.32 Å². The Morgan fingerprint density at radius 2 is 2.11 bits per heavy atom. The highest BCUT2D eigenvalue weighted by Gasteiger charge is 2.35. The number of rotatable bonds is 2. The Morgan fingerprint density at radius 3 is 2.78 bits per heavy atom. The normalized spacial score (nSPS) is 19.9. The summed E-state index contributed by atoms with van der Waals surface area (Å²) in [5, 5.41) is 2.61. The minimum absolute atomic E-state index is 0.0499. The van der Waals surface area contributed by atoms with E-state index in [0.717, 1.165) is 14.6 Å². The summed E-state index contributed by atoms with van der Waals surface area (Å²) < 4.78 is 1.67. The summed E-state index contributed by atoms with van der Waals surface area (Å²) in [5.41, 5.74) is 0.719. The van der Waals surface area contributed by atoms with E-state index in [0.29, 0.717) is 6.42 Å². The Kier molecular flexibility index (Phi) is 4.07. The van der Waals surface area contributed by atoms with Crippen LogP contribution in [0.2, 0.25) is 0 Å². The van der Waals surface area contributed by atoms with E-state index in [2.05, 4.69) is 37.2 Å². The van der Waals surface area contributed by atoms with Crippen molar-refractivity contribution in [2.75, 3.05) is 11.4 Å². The third kappa shape index (κ3) is 2.44. The first-order chi connectivity index (χ1) is 8.54. The topological polar surface area (TPSA) is 49.4 Å². The zero-order valence-electron chi connectivity index (χ0n) is 9.74. The average Bonchev–Trinajstić information content (AvgIpc) is 2.35. The SMILES string of the molecule is CCC1C(=O)NCC(=O)N1c1cc(Br)ccc1Br. The van der Waals surface area contributed by atoms with Crippen molar-refractivity contribution in [3.63, 3.8) is 0 Å². The molecular formula is C12H12Br2N2O2. The van der Waals surface area contributed by atoms with Crippen LogP contribution in [0.1, 0.15) is 13.3 Å². The van der Waals surface area contributed by atoms with Crippen molar-refractivity contribution >= 4 is 49.4 Å². The van der Waals surface area contributed by atoms with Crippen molar-refractivity contribution in [2.24, 2.45) is 0 Å². The second-order valence-electron chi connectivity index (χ2n) is 4.00. The zero-order valence-corrected chi connectivity index (χ0v) is 12.9. The fourth-order valence-electron chi connectivity index (χ4n) is 2.00. The predicted molar refractivity (Wildman–Crippen MR) is 76.4 cm³/mol. The molecule has 0 aromatic heterocycles. The van der Waals surface area contributed by atoms with Crippen molar-refractivity contribution in [3.8, 4) is 0 Å². The maximum Gasteiger partial charge on any atom is 0.247 e. The van der Waals surface area contributed by atoms with Crippen LogP contribution in [0.3, 0.4) is 0 Å². The molecule has 96 valence electrons. The Morgan fingerprint density at radius 1 is 1.39 bits per heavy atom. The minimum Gasteiger partial charge on any atom is -0.345 e. The summed E-state index contributed by atoms with van der Waals surface area (Å²) in [5.74, 6) is -0.204. The number of carbonyl (C=O) groups is 2. The van der Waals surface area contributed by atoms with Crippen molar-refractivity contribution < 1.29 is 9.59 Å². The minimum atomic E-state index is -0.447. The molecule has 1 saturated heterocycles.